The lowest BCUT2D eigenvalue weighted by molar-refractivity contribution is 0.374. The fourth-order valence-electron chi connectivity index (χ4n) is 2.58. The Kier molecular flexibility index (Phi) is 1.71. The van der Waals surface area contributed by atoms with Gasteiger partial charge in [-0.15, -0.1) is 0 Å². The molecule has 3 rings (SSSR count). The smallest absolute Gasteiger partial charge is 0.0532 e. The molecule has 0 spiro atoms. The Labute approximate surface area is 89.7 Å². The molecule has 0 unspecified atom stereocenters. The van der Waals surface area contributed by atoms with Crippen molar-refractivity contribution < 1.29 is 0 Å². The maximum absolute atomic E-state index is 3.54. The predicted octanol–water partition coefficient (Wildman–Crippen LogP) is 2.55. The lowest BCUT2D eigenvalue weighted by atomic mass is 9.90. The molecule has 2 aromatic rings. The normalized spacial score (nSPS) is 19.1. The summed E-state index contributed by atoms with van der Waals surface area (Å²) in [4.78, 5) is 3.54. The van der Waals surface area contributed by atoms with E-state index < -0.39 is 0 Å². The van der Waals surface area contributed by atoms with Crippen molar-refractivity contribution in [1.29, 1.82) is 0 Å². The molecule has 0 radical (unpaired) electrons. The van der Waals surface area contributed by atoms with E-state index in [1.165, 1.54) is 22.2 Å². The van der Waals surface area contributed by atoms with E-state index >= 15 is 0 Å². The number of aromatic amines is 1. The summed E-state index contributed by atoms with van der Waals surface area (Å²) in [5.74, 6) is 0. The third kappa shape index (κ3) is 1.21. The molecule has 2 nitrogen and oxygen atoms in total. The van der Waals surface area contributed by atoms with Crippen molar-refractivity contribution in [2.24, 2.45) is 0 Å². The van der Waals surface area contributed by atoms with Crippen LogP contribution in [0, 0.1) is 0 Å². The molecule has 15 heavy (non-hydrogen) atoms. The SMILES string of the molecule is CC1(C)NCCc2c1[nH]c1ccccc21. The van der Waals surface area contributed by atoms with E-state index in [-0.39, 0.29) is 5.54 Å². The lowest BCUT2D eigenvalue weighted by Crippen LogP contribution is -2.42. The van der Waals surface area contributed by atoms with Crippen LogP contribution in [0.2, 0.25) is 0 Å². The molecule has 2 heteroatoms. The summed E-state index contributed by atoms with van der Waals surface area (Å²) in [6.45, 7) is 5.54. The van der Waals surface area contributed by atoms with Crippen LogP contribution in [0.25, 0.3) is 10.9 Å². The number of aromatic nitrogens is 1. The number of para-hydroxylation sites is 1. The highest BCUT2D eigenvalue weighted by Gasteiger charge is 2.29. The molecule has 0 bridgehead atoms. The van der Waals surface area contributed by atoms with Gasteiger partial charge in [-0.25, -0.2) is 0 Å². The van der Waals surface area contributed by atoms with Gasteiger partial charge in [-0.05, 0) is 31.9 Å². The summed E-state index contributed by atoms with van der Waals surface area (Å²) in [6.07, 6.45) is 1.13. The van der Waals surface area contributed by atoms with E-state index in [1.807, 2.05) is 0 Å². The highest BCUT2D eigenvalue weighted by Crippen LogP contribution is 2.32. The molecular formula is C13H16N2. The van der Waals surface area contributed by atoms with Crippen molar-refractivity contribution in [2.45, 2.75) is 25.8 Å². The van der Waals surface area contributed by atoms with E-state index in [0.29, 0.717) is 0 Å². The maximum atomic E-state index is 3.54. The van der Waals surface area contributed by atoms with E-state index in [4.69, 9.17) is 0 Å². The van der Waals surface area contributed by atoms with Gasteiger partial charge in [0.1, 0.15) is 0 Å². The molecule has 2 N–H and O–H groups in total. The number of fused-ring (bicyclic) bond motifs is 3. The zero-order valence-corrected chi connectivity index (χ0v) is 9.22. The van der Waals surface area contributed by atoms with Crippen LogP contribution in [0.5, 0.6) is 0 Å². The highest BCUT2D eigenvalue weighted by atomic mass is 15.0. The first-order chi connectivity index (χ1) is 7.18. The van der Waals surface area contributed by atoms with Gasteiger partial charge in [-0.1, -0.05) is 18.2 Å². The number of nitrogens with one attached hydrogen (secondary N) is 2. The van der Waals surface area contributed by atoms with E-state index in [2.05, 4.69) is 48.4 Å². The Hall–Kier alpha value is -1.28. The van der Waals surface area contributed by atoms with Gasteiger partial charge in [-0.3, -0.25) is 0 Å². The molecule has 1 aliphatic rings. The van der Waals surface area contributed by atoms with Crippen molar-refractivity contribution in [3.8, 4) is 0 Å². The van der Waals surface area contributed by atoms with Gasteiger partial charge >= 0.3 is 0 Å². The molecule has 2 heterocycles. The van der Waals surface area contributed by atoms with E-state index in [1.54, 1.807) is 0 Å². The monoisotopic (exact) mass is 200 g/mol. The van der Waals surface area contributed by atoms with Gasteiger partial charge < -0.3 is 10.3 Å². The van der Waals surface area contributed by atoms with Crippen LogP contribution in [0.3, 0.4) is 0 Å². The molecule has 0 aliphatic carbocycles. The van der Waals surface area contributed by atoms with Crippen LogP contribution in [0.1, 0.15) is 25.1 Å². The van der Waals surface area contributed by atoms with Gasteiger partial charge in [0.25, 0.3) is 0 Å². The van der Waals surface area contributed by atoms with Gasteiger partial charge in [0.05, 0.1) is 5.54 Å². The quantitative estimate of drug-likeness (QED) is 0.672. The van der Waals surface area contributed by atoms with Crippen LogP contribution < -0.4 is 5.32 Å². The zero-order chi connectivity index (χ0) is 10.5. The number of hydrogen-bond donors (Lipinski definition) is 2. The Morgan fingerprint density at radius 3 is 2.87 bits per heavy atom. The largest absolute Gasteiger partial charge is 0.357 e. The van der Waals surface area contributed by atoms with Crippen molar-refractivity contribution in [1.82, 2.24) is 10.3 Å². The molecule has 0 atom stereocenters. The summed E-state index contributed by atoms with van der Waals surface area (Å²) in [7, 11) is 0. The first kappa shape index (κ1) is 8.98. The molecule has 1 aromatic carbocycles. The van der Waals surface area contributed by atoms with E-state index in [9.17, 15) is 0 Å². The fraction of sp³-hybridized carbons (Fsp3) is 0.385. The van der Waals surface area contributed by atoms with Crippen LogP contribution in [-0.4, -0.2) is 11.5 Å². The third-order valence-corrected chi connectivity index (χ3v) is 3.38. The molecule has 1 aromatic heterocycles. The number of hydrogen-bond acceptors (Lipinski definition) is 1. The lowest BCUT2D eigenvalue weighted by Gasteiger charge is -2.31. The minimum absolute atomic E-state index is 0.0760. The zero-order valence-electron chi connectivity index (χ0n) is 9.22. The molecule has 0 saturated carbocycles. The van der Waals surface area contributed by atoms with Crippen LogP contribution >= 0.6 is 0 Å². The van der Waals surface area contributed by atoms with Crippen molar-refractivity contribution in [3.63, 3.8) is 0 Å². The number of benzene rings is 1. The van der Waals surface area contributed by atoms with Crippen LogP contribution in [-0.2, 0) is 12.0 Å². The maximum Gasteiger partial charge on any atom is 0.0532 e. The first-order valence-corrected chi connectivity index (χ1v) is 5.53. The topological polar surface area (TPSA) is 27.8 Å². The third-order valence-electron chi connectivity index (χ3n) is 3.38. The number of H-pyrrole nitrogens is 1. The second-order valence-corrected chi connectivity index (χ2v) is 4.83. The minimum Gasteiger partial charge on any atom is -0.357 e. The Balaban J connectivity index is 2.34. The van der Waals surface area contributed by atoms with Gasteiger partial charge in [-0.2, -0.15) is 0 Å². The molecule has 78 valence electrons. The summed E-state index contributed by atoms with van der Waals surface area (Å²) in [5, 5.41) is 4.94. The van der Waals surface area contributed by atoms with Gasteiger partial charge in [0.15, 0.2) is 0 Å². The summed E-state index contributed by atoms with van der Waals surface area (Å²) < 4.78 is 0. The van der Waals surface area contributed by atoms with Crippen LogP contribution in [0.4, 0.5) is 0 Å². The Bertz CT molecular complexity index is 508. The Morgan fingerprint density at radius 1 is 1.20 bits per heavy atom. The Morgan fingerprint density at radius 2 is 2.00 bits per heavy atom. The second-order valence-electron chi connectivity index (χ2n) is 4.83. The molecule has 0 saturated heterocycles. The molecular weight excluding hydrogens is 184 g/mol. The molecule has 1 aliphatic heterocycles. The van der Waals surface area contributed by atoms with Crippen molar-refractivity contribution in [3.05, 3.63) is 35.5 Å². The highest BCUT2D eigenvalue weighted by molar-refractivity contribution is 5.85. The average Bonchev–Trinajstić information content (AvgIpc) is 2.58. The first-order valence-electron chi connectivity index (χ1n) is 5.53. The van der Waals surface area contributed by atoms with Gasteiger partial charge in [0, 0.05) is 23.1 Å². The van der Waals surface area contributed by atoms with Gasteiger partial charge in [0.2, 0.25) is 0 Å². The second kappa shape index (κ2) is 2.86. The molecule has 0 amide bonds. The van der Waals surface area contributed by atoms with Crippen LogP contribution in [0.15, 0.2) is 24.3 Å². The average molecular weight is 200 g/mol. The van der Waals surface area contributed by atoms with Crippen molar-refractivity contribution in [2.75, 3.05) is 6.54 Å². The van der Waals surface area contributed by atoms with Crippen molar-refractivity contribution >= 4 is 10.9 Å². The number of rotatable bonds is 0. The summed E-state index contributed by atoms with van der Waals surface area (Å²) in [6, 6.07) is 8.58. The fourth-order valence-corrected chi connectivity index (χ4v) is 2.58. The summed E-state index contributed by atoms with van der Waals surface area (Å²) in [5.41, 5.74) is 4.19. The predicted molar refractivity (Wildman–Crippen MR) is 63.0 cm³/mol. The summed E-state index contributed by atoms with van der Waals surface area (Å²) >= 11 is 0. The molecule has 0 fully saturated rings. The minimum atomic E-state index is 0.0760. The van der Waals surface area contributed by atoms with E-state index in [0.717, 1.165) is 13.0 Å². The standard InChI is InChI=1S/C13H16N2/c1-13(2)12-10(7-8-14-13)9-5-3-4-6-11(9)15-12/h3-6,14-15H,7-8H2,1-2H3.